The van der Waals surface area contributed by atoms with Crippen molar-refractivity contribution in [3.63, 3.8) is 0 Å². The molecule has 0 saturated carbocycles. The number of benzene rings is 3. The zero-order valence-corrected chi connectivity index (χ0v) is 20.5. The van der Waals surface area contributed by atoms with Crippen LogP contribution in [0.2, 0.25) is 0 Å². The molecule has 0 fully saturated rings. The zero-order valence-electron chi connectivity index (χ0n) is 19.6. The number of fused-ring (bicyclic) bond motifs is 1. The number of ether oxygens (including phenoxy) is 2. The van der Waals surface area contributed by atoms with Gasteiger partial charge in [0.1, 0.15) is 13.2 Å². The summed E-state index contributed by atoms with van der Waals surface area (Å²) in [5.41, 5.74) is 3.94. The minimum atomic E-state index is -3.89. The van der Waals surface area contributed by atoms with Crippen LogP contribution in [0.25, 0.3) is 0 Å². The van der Waals surface area contributed by atoms with E-state index in [1.807, 2.05) is 51.1 Å². The third-order valence-electron chi connectivity index (χ3n) is 5.79. The molecule has 1 heterocycles. The molecule has 8 heteroatoms. The molecule has 2 N–H and O–H groups in total. The Morgan fingerprint density at radius 1 is 0.882 bits per heavy atom. The maximum atomic E-state index is 13.2. The van der Waals surface area contributed by atoms with Crippen LogP contribution in [0.1, 0.15) is 45.6 Å². The van der Waals surface area contributed by atoms with Gasteiger partial charge < -0.3 is 14.8 Å². The summed E-state index contributed by atoms with van der Waals surface area (Å²) in [6.45, 7) is 8.29. The Bertz CT molecular complexity index is 1350. The molecular weight excluding hydrogens is 452 g/mol. The number of carbonyl (C=O) groups excluding carboxylic acids is 1. The molecule has 0 saturated heterocycles. The lowest BCUT2D eigenvalue weighted by atomic mass is 10.1. The molecule has 0 aliphatic carbocycles. The fraction of sp³-hybridized carbons (Fsp3) is 0.269. The first-order valence-electron chi connectivity index (χ1n) is 11.1. The van der Waals surface area contributed by atoms with Crippen LogP contribution in [-0.2, 0) is 10.0 Å². The van der Waals surface area contributed by atoms with E-state index in [1.165, 1.54) is 6.07 Å². The van der Waals surface area contributed by atoms with Crippen LogP contribution in [0.4, 0.5) is 5.69 Å². The summed E-state index contributed by atoms with van der Waals surface area (Å²) in [6, 6.07) is 15.5. The van der Waals surface area contributed by atoms with Crippen LogP contribution in [-0.4, -0.2) is 27.5 Å². The average Bonchev–Trinajstić information content (AvgIpc) is 2.81. The van der Waals surface area contributed by atoms with Gasteiger partial charge in [-0.2, -0.15) is 0 Å². The van der Waals surface area contributed by atoms with Gasteiger partial charge in [0, 0.05) is 5.56 Å². The molecule has 34 heavy (non-hydrogen) atoms. The van der Waals surface area contributed by atoms with Gasteiger partial charge in [0.15, 0.2) is 11.5 Å². The van der Waals surface area contributed by atoms with Crippen molar-refractivity contribution in [1.82, 2.24) is 5.32 Å². The van der Waals surface area contributed by atoms with Gasteiger partial charge in [-0.1, -0.05) is 24.3 Å². The van der Waals surface area contributed by atoms with Crippen LogP contribution in [0.15, 0.2) is 59.5 Å². The lowest BCUT2D eigenvalue weighted by molar-refractivity contribution is 0.0939. The highest BCUT2D eigenvalue weighted by Gasteiger charge is 2.22. The summed E-state index contributed by atoms with van der Waals surface area (Å²) >= 11 is 0. The van der Waals surface area contributed by atoms with Crippen molar-refractivity contribution in [3.05, 3.63) is 82.4 Å². The Morgan fingerprint density at radius 2 is 1.59 bits per heavy atom. The Balaban J connectivity index is 1.55. The molecule has 178 valence electrons. The Labute approximate surface area is 200 Å². The van der Waals surface area contributed by atoms with E-state index in [4.69, 9.17) is 9.47 Å². The third kappa shape index (κ3) is 5.02. The quantitative estimate of drug-likeness (QED) is 0.535. The second-order valence-corrected chi connectivity index (χ2v) is 10.2. The largest absolute Gasteiger partial charge is 0.486 e. The number of rotatable bonds is 6. The summed E-state index contributed by atoms with van der Waals surface area (Å²) in [4.78, 5) is 13.0. The number of aryl methyl sites for hydroxylation is 3. The molecular formula is C26H28N2O5S. The molecule has 1 amide bonds. The van der Waals surface area contributed by atoms with Crippen LogP contribution in [0.3, 0.4) is 0 Å². The average molecular weight is 481 g/mol. The summed E-state index contributed by atoms with van der Waals surface area (Å²) in [5, 5.41) is 2.93. The summed E-state index contributed by atoms with van der Waals surface area (Å²) in [5.74, 6) is 0.954. The minimum Gasteiger partial charge on any atom is -0.486 e. The minimum absolute atomic E-state index is 0.0630. The van der Waals surface area contributed by atoms with E-state index in [9.17, 15) is 13.2 Å². The number of amides is 1. The molecule has 1 atom stereocenters. The van der Waals surface area contributed by atoms with Crippen molar-refractivity contribution in [2.24, 2.45) is 0 Å². The zero-order chi connectivity index (χ0) is 24.5. The first kappa shape index (κ1) is 23.6. The van der Waals surface area contributed by atoms with E-state index >= 15 is 0 Å². The second kappa shape index (κ2) is 9.38. The number of hydrogen-bond acceptors (Lipinski definition) is 5. The second-order valence-electron chi connectivity index (χ2n) is 8.50. The maximum absolute atomic E-state index is 13.2. The molecule has 0 spiro atoms. The van der Waals surface area contributed by atoms with Gasteiger partial charge in [-0.25, -0.2) is 8.42 Å². The first-order chi connectivity index (χ1) is 16.1. The highest BCUT2D eigenvalue weighted by Crippen LogP contribution is 2.32. The van der Waals surface area contributed by atoms with E-state index in [0.717, 1.165) is 16.7 Å². The van der Waals surface area contributed by atoms with Gasteiger partial charge in [-0.3, -0.25) is 9.52 Å². The standard InChI is InChI=1S/C26H28N2O5S/c1-16-5-6-17(2)22(13-16)28-34(30,31)25-15-21(8-7-18(25)3)26(29)27-19(4)20-9-10-23-24(14-20)33-12-11-32-23/h5-10,13-15,19,28H,11-12H2,1-4H3,(H,27,29)/t19-/m0/s1. The number of nitrogens with one attached hydrogen (secondary N) is 2. The molecule has 3 aromatic rings. The lowest BCUT2D eigenvalue weighted by Gasteiger charge is -2.21. The van der Waals surface area contributed by atoms with E-state index in [-0.39, 0.29) is 22.4 Å². The normalized spacial score (nSPS) is 13.8. The highest BCUT2D eigenvalue weighted by molar-refractivity contribution is 7.92. The Hall–Kier alpha value is -3.52. The van der Waals surface area contributed by atoms with E-state index in [0.29, 0.717) is 36.0 Å². The number of carbonyl (C=O) groups is 1. The highest BCUT2D eigenvalue weighted by atomic mass is 32.2. The molecule has 0 aromatic heterocycles. The predicted molar refractivity (Wildman–Crippen MR) is 131 cm³/mol. The molecule has 7 nitrogen and oxygen atoms in total. The Kier molecular flexibility index (Phi) is 6.52. The molecule has 0 radical (unpaired) electrons. The van der Waals surface area contributed by atoms with Crippen LogP contribution >= 0.6 is 0 Å². The fourth-order valence-corrected chi connectivity index (χ4v) is 5.16. The topological polar surface area (TPSA) is 93.7 Å². The molecule has 1 aliphatic rings. The van der Waals surface area contributed by atoms with Crippen molar-refractivity contribution in [2.45, 2.75) is 38.6 Å². The third-order valence-corrected chi connectivity index (χ3v) is 7.30. The van der Waals surface area contributed by atoms with Crippen LogP contribution in [0, 0.1) is 20.8 Å². The molecule has 0 bridgehead atoms. The van der Waals surface area contributed by atoms with Gasteiger partial charge in [0.05, 0.1) is 16.6 Å². The lowest BCUT2D eigenvalue weighted by Crippen LogP contribution is -2.27. The SMILES string of the molecule is Cc1ccc(C)c(NS(=O)(=O)c2cc(C(=O)N[C@@H](C)c3ccc4c(c3)OCCO4)ccc2C)c1. The number of anilines is 1. The predicted octanol–water partition coefficient (Wildman–Crippen LogP) is 4.67. The van der Waals surface area contributed by atoms with Crippen molar-refractivity contribution in [2.75, 3.05) is 17.9 Å². The molecule has 1 aliphatic heterocycles. The van der Waals surface area contributed by atoms with Crippen molar-refractivity contribution in [3.8, 4) is 11.5 Å². The fourth-order valence-electron chi connectivity index (χ4n) is 3.77. The van der Waals surface area contributed by atoms with E-state index in [2.05, 4.69) is 10.0 Å². The van der Waals surface area contributed by atoms with Gasteiger partial charge in [0.2, 0.25) is 0 Å². The summed E-state index contributed by atoms with van der Waals surface area (Å²) in [7, 11) is -3.89. The monoisotopic (exact) mass is 480 g/mol. The van der Waals surface area contributed by atoms with E-state index < -0.39 is 10.0 Å². The van der Waals surface area contributed by atoms with Crippen molar-refractivity contribution >= 4 is 21.6 Å². The van der Waals surface area contributed by atoms with Gasteiger partial charge >= 0.3 is 0 Å². The molecule has 4 rings (SSSR count). The first-order valence-corrected chi connectivity index (χ1v) is 12.5. The van der Waals surface area contributed by atoms with Crippen LogP contribution < -0.4 is 19.5 Å². The van der Waals surface area contributed by atoms with Crippen molar-refractivity contribution < 1.29 is 22.7 Å². The van der Waals surface area contributed by atoms with Crippen molar-refractivity contribution in [1.29, 1.82) is 0 Å². The van der Waals surface area contributed by atoms with E-state index in [1.54, 1.807) is 25.1 Å². The summed E-state index contributed by atoms with van der Waals surface area (Å²) in [6.07, 6.45) is 0. The molecule has 0 unspecified atom stereocenters. The van der Waals surface area contributed by atoms with Gasteiger partial charge in [0.25, 0.3) is 15.9 Å². The number of hydrogen-bond donors (Lipinski definition) is 2. The maximum Gasteiger partial charge on any atom is 0.262 e. The summed E-state index contributed by atoms with van der Waals surface area (Å²) < 4.78 is 40.2. The number of sulfonamides is 1. The smallest absolute Gasteiger partial charge is 0.262 e. The van der Waals surface area contributed by atoms with Crippen LogP contribution in [0.5, 0.6) is 11.5 Å². The van der Waals surface area contributed by atoms with Gasteiger partial charge in [-0.15, -0.1) is 0 Å². The molecule has 3 aromatic carbocycles. The Morgan fingerprint density at radius 3 is 2.35 bits per heavy atom. The van der Waals surface area contributed by atoms with Gasteiger partial charge in [-0.05, 0) is 80.3 Å².